The molecule has 0 saturated carbocycles. The number of carbonyl (C=O) groups excluding carboxylic acids is 1. The maximum absolute atomic E-state index is 12.4. The largest absolute Gasteiger partial charge is 0.481 e. The number of hydrogen-bond acceptors (Lipinski definition) is 6. The van der Waals surface area contributed by atoms with Crippen LogP contribution in [0.25, 0.3) is 0 Å². The van der Waals surface area contributed by atoms with E-state index in [0.29, 0.717) is 18.0 Å². The van der Waals surface area contributed by atoms with Crippen LogP contribution in [0, 0.1) is 0 Å². The molecule has 128 valence electrons. The number of nitrogens with one attached hydrogen (secondary N) is 1. The van der Waals surface area contributed by atoms with Crippen molar-refractivity contribution in [2.45, 2.75) is 6.04 Å². The number of carbonyl (C=O) groups is 1. The van der Waals surface area contributed by atoms with Crippen LogP contribution in [-0.4, -0.2) is 55.7 Å². The highest BCUT2D eigenvalue weighted by atomic mass is 32.1. The molecule has 2 aromatic heterocycles. The molecule has 0 aliphatic carbocycles. The maximum atomic E-state index is 12.4. The lowest BCUT2D eigenvalue weighted by Gasteiger charge is -2.34. The number of ether oxygens (including phenoxy) is 2. The first kappa shape index (κ1) is 16.9. The third-order valence-corrected chi connectivity index (χ3v) is 5.00. The van der Waals surface area contributed by atoms with Crippen molar-refractivity contribution < 1.29 is 14.3 Å². The molecule has 1 amide bonds. The summed E-state index contributed by atoms with van der Waals surface area (Å²) < 4.78 is 10.5. The average molecular weight is 347 g/mol. The normalized spacial score (nSPS) is 16.5. The van der Waals surface area contributed by atoms with Gasteiger partial charge >= 0.3 is 0 Å². The number of morpholine rings is 1. The van der Waals surface area contributed by atoms with Crippen molar-refractivity contribution in [3.8, 4) is 5.88 Å². The van der Waals surface area contributed by atoms with Crippen molar-refractivity contribution in [3.63, 3.8) is 0 Å². The first-order valence-corrected chi connectivity index (χ1v) is 8.79. The number of aromatic nitrogens is 1. The molecule has 7 heteroatoms. The van der Waals surface area contributed by atoms with Crippen LogP contribution in [0.5, 0.6) is 5.88 Å². The number of methoxy groups -OCH3 is 1. The van der Waals surface area contributed by atoms with Gasteiger partial charge in [0.05, 0.1) is 31.9 Å². The van der Waals surface area contributed by atoms with Crippen LogP contribution >= 0.6 is 11.3 Å². The minimum absolute atomic E-state index is 0.125. The number of pyridine rings is 1. The second-order valence-corrected chi connectivity index (χ2v) is 6.46. The van der Waals surface area contributed by atoms with E-state index in [0.717, 1.165) is 26.3 Å². The Morgan fingerprint density at radius 2 is 2.25 bits per heavy atom. The SMILES string of the molecule is COc1ccc(C(=O)NCC(c2cccs2)N2CCOCC2)cn1. The molecule has 3 heterocycles. The number of hydrogen-bond donors (Lipinski definition) is 1. The molecule has 1 unspecified atom stereocenters. The lowest BCUT2D eigenvalue weighted by atomic mass is 10.1. The van der Waals surface area contributed by atoms with Crippen LogP contribution < -0.4 is 10.1 Å². The van der Waals surface area contributed by atoms with E-state index in [1.807, 2.05) is 6.07 Å². The summed E-state index contributed by atoms with van der Waals surface area (Å²) in [6.07, 6.45) is 1.53. The standard InChI is InChI=1S/C17H21N3O3S/c1-22-16-5-4-13(11-18-16)17(21)19-12-14(15-3-2-10-24-15)20-6-8-23-9-7-20/h2-5,10-11,14H,6-9,12H2,1H3,(H,19,21). The van der Waals surface area contributed by atoms with E-state index < -0.39 is 0 Å². The minimum atomic E-state index is -0.125. The Balaban J connectivity index is 1.65. The highest BCUT2D eigenvalue weighted by Crippen LogP contribution is 2.25. The van der Waals surface area contributed by atoms with Gasteiger partial charge in [-0.05, 0) is 17.5 Å². The molecule has 2 aromatic rings. The molecule has 0 aromatic carbocycles. The van der Waals surface area contributed by atoms with E-state index in [1.165, 1.54) is 11.1 Å². The lowest BCUT2D eigenvalue weighted by Crippen LogP contribution is -2.43. The molecule has 0 radical (unpaired) electrons. The fourth-order valence-electron chi connectivity index (χ4n) is 2.71. The lowest BCUT2D eigenvalue weighted by molar-refractivity contribution is 0.0169. The number of rotatable bonds is 6. The van der Waals surface area contributed by atoms with Gasteiger partial charge in [-0.15, -0.1) is 11.3 Å². The van der Waals surface area contributed by atoms with Crippen molar-refractivity contribution in [1.82, 2.24) is 15.2 Å². The van der Waals surface area contributed by atoms with Crippen LogP contribution in [-0.2, 0) is 4.74 Å². The van der Waals surface area contributed by atoms with E-state index in [-0.39, 0.29) is 11.9 Å². The average Bonchev–Trinajstić information content (AvgIpc) is 3.17. The zero-order valence-corrected chi connectivity index (χ0v) is 14.4. The van der Waals surface area contributed by atoms with Crippen molar-refractivity contribution in [2.75, 3.05) is 40.0 Å². The summed E-state index contributed by atoms with van der Waals surface area (Å²) in [5.74, 6) is 0.372. The zero-order chi connectivity index (χ0) is 16.8. The van der Waals surface area contributed by atoms with E-state index in [2.05, 4.69) is 26.6 Å². The van der Waals surface area contributed by atoms with Gasteiger partial charge in [-0.3, -0.25) is 9.69 Å². The Labute approximate surface area is 145 Å². The molecule has 24 heavy (non-hydrogen) atoms. The summed E-state index contributed by atoms with van der Waals surface area (Å²) in [4.78, 5) is 20.1. The van der Waals surface area contributed by atoms with Crippen LogP contribution in [0.1, 0.15) is 21.3 Å². The Bertz CT molecular complexity index is 640. The Kier molecular flexibility index (Phi) is 5.79. The number of thiophene rings is 1. The zero-order valence-electron chi connectivity index (χ0n) is 13.6. The van der Waals surface area contributed by atoms with Crippen LogP contribution in [0.4, 0.5) is 0 Å². The smallest absolute Gasteiger partial charge is 0.252 e. The number of amides is 1. The topological polar surface area (TPSA) is 63.7 Å². The van der Waals surface area contributed by atoms with Crippen molar-refractivity contribution in [3.05, 3.63) is 46.3 Å². The molecular weight excluding hydrogens is 326 g/mol. The van der Waals surface area contributed by atoms with E-state index >= 15 is 0 Å². The van der Waals surface area contributed by atoms with Gasteiger partial charge in [-0.25, -0.2) is 4.98 Å². The van der Waals surface area contributed by atoms with Gasteiger partial charge < -0.3 is 14.8 Å². The monoisotopic (exact) mass is 347 g/mol. The summed E-state index contributed by atoms with van der Waals surface area (Å²) in [6.45, 7) is 3.78. The maximum Gasteiger partial charge on any atom is 0.252 e. The third-order valence-electron chi connectivity index (χ3n) is 4.02. The Morgan fingerprint density at radius 1 is 1.42 bits per heavy atom. The molecule has 1 atom stereocenters. The van der Waals surface area contributed by atoms with Crippen LogP contribution in [0.15, 0.2) is 35.8 Å². The van der Waals surface area contributed by atoms with Gasteiger partial charge in [0.1, 0.15) is 0 Å². The summed E-state index contributed by atoms with van der Waals surface area (Å²) in [6, 6.07) is 7.74. The van der Waals surface area contributed by atoms with Gasteiger partial charge in [-0.1, -0.05) is 6.07 Å². The molecule has 1 aliphatic heterocycles. The summed E-state index contributed by atoms with van der Waals surface area (Å²) in [5, 5.41) is 5.09. The minimum Gasteiger partial charge on any atom is -0.481 e. The van der Waals surface area contributed by atoms with E-state index in [4.69, 9.17) is 9.47 Å². The second-order valence-electron chi connectivity index (χ2n) is 5.48. The fourth-order valence-corrected chi connectivity index (χ4v) is 3.57. The quantitative estimate of drug-likeness (QED) is 0.865. The molecule has 0 spiro atoms. The van der Waals surface area contributed by atoms with Crippen molar-refractivity contribution in [1.29, 1.82) is 0 Å². The van der Waals surface area contributed by atoms with Gasteiger partial charge in [0.2, 0.25) is 5.88 Å². The first-order chi connectivity index (χ1) is 11.8. The molecule has 1 N–H and O–H groups in total. The Morgan fingerprint density at radius 3 is 2.88 bits per heavy atom. The first-order valence-electron chi connectivity index (χ1n) is 7.91. The predicted molar refractivity (Wildman–Crippen MR) is 92.6 cm³/mol. The van der Waals surface area contributed by atoms with Crippen LogP contribution in [0.3, 0.4) is 0 Å². The highest BCUT2D eigenvalue weighted by molar-refractivity contribution is 7.10. The molecule has 1 aliphatic rings. The van der Waals surface area contributed by atoms with Gasteiger partial charge in [0.15, 0.2) is 0 Å². The van der Waals surface area contributed by atoms with E-state index in [9.17, 15) is 4.79 Å². The fraction of sp³-hybridized carbons (Fsp3) is 0.412. The van der Waals surface area contributed by atoms with Crippen molar-refractivity contribution in [2.24, 2.45) is 0 Å². The summed E-state index contributed by atoms with van der Waals surface area (Å²) in [7, 11) is 1.55. The second kappa shape index (κ2) is 8.23. The predicted octanol–water partition coefficient (Wildman–Crippen LogP) is 1.95. The molecule has 6 nitrogen and oxygen atoms in total. The van der Waals surface area contributed by atoms with Crippen LogP contribution in [0.2, 0.25) is 0 Å². The molecular formula is C17H21N3O3S. The molecule has 0 bridgehead atoms. The van der Waals surface area contributed by atoms with Gasteiger partial charge in [0.25, 0.3) is 5.91 Å². The van der Waals surface area contributed by atoms with E-state index in [1.54, 1.807) is 30.6 Å². The summed E-state index contributed by atoms with van der Waals surface area (Å²) in [5.41, 5.74) is 0.530. The number of nitrogens with zero attached hydrogens (tertiary/aromatic N) is 2. The molecule has 1 saturated heterocycles. The third kappa shape index (κ3) is 4.11. The van der Waals surface area contributed by atoms with Crippen molar-refractivity contribution >= 4 is 17.2 Å². The highest BCUT2D eigenvalue weighted by Gasteiger charge is 2.24. The van der Waals surface area contributed by atoms with Gasteiger partial charge in [-0.2, -0.15) is 0 Å². The molecule has 1 fully saturated rings. The summed E-state index contributed by atoms with van der Waals surface area (Å²) >= 11 is 1.71. The molecule has 3 rings (SSSR count). The Hall–Kier alpha value is -1.96. The van der Waals surface area contributed by atoms with Gasteiger partial charge in [0, 0.05) is 36.8 Å².